The number of aromatic nitrogens is 4. The molecule has 130 valence electrons. The highest BCUT2D eigenvalue weighted by atomic mass is 16.5. The van der Waals surface area contributed by atoms with E-state index in [-0.39, 0.29) is 24.8 Å². The van der Waals surface area contributed by atoms with E-state index in [9.17, 15) is 9.59 Å². The summed E-state index contributed by atoms with van der Waals surface area (Å²) < 4.78 is 11.5. The Morgan fingerprint density at radius 3 is 2.71 bits per heavy atom. The standard InChI is InChI=1S/C15H21N5O4/c1-9-15(11(3)21)10(2)20(18-9)8-13(22)16-7-14-17-12(19-24-14)5-6-23-4/h5-8H2,1-4H3,(H,16,22). The first kappa shape index (κ1) is 17.8. The van der Waals surface area contributed by atoms with Crippen LogP contribution in [0.3, 0.4) is 0 Å². The molecule has 0 spiro atoms. The lowest BCUT2D eigenvalue weighted by atomic mass is 10.1. The lowest BCUT2D eigenvalue weighted by Gasteiger charge is -2.05. The van der Waals surface area contributed by atoms with E-state index in [4.69, 9.17) is 9.26 Å². The monoisotopic (exact) mass is 335 g/mol. The fourth-order valence-corrected chi connectivity index (χ4v) is 2.38. The first-order valence-electron chi connectivity index (χ1n) is 7.54. The van der Waals surface area contributed by atoms with Crippen molar-refractivity contribution in [3.63, 3.8) is 0 Å². The van der Waals surface area contributed by atoms with Crippen LogP contribution in [0.2, 0.25) is 0 Å². The van der Waals surface area contributed by atoms with E-state index < -0.39 is 0 Å². The number of carbonyl (C=O) groups excluding carboxylic acids is 2. The molecular formula is C15H21N5O4. The van der Waals surface area contributed by atoms with Crippen molar-refractivity contribution in [2.75, 3.05) is 13.7 Å². The number of hydrogen-bond donors (Lipinski definition) is 1. The molecule has 2 heterocycles. The zero-order valence-electron chi connectivity index (χ0n) is 14.3. The Balaban J connectivity index is 1.91. The van der Waals surface area contributed by atoms with Crippen molar-refractivity contribution in [1.29, 1.82) is 0 Å². The van der Waals surface area contributed by atoms with E-state index in [2.05, 4.69) is 20.6 Å². The van der Waals surface area contributed by atoms with Gasteiger partial charge in [0.1, 0.15) is 6.54 Å². The number of nitrogens with one attached hydrogen (secondary N) is 1. The second-order valence-corrected chi connectivity index (χ2v) is 5.38. The molecule has 2 aromatic rings. The molecule has 0 aliphatic heterocycles. The van der Waals surface area contributed by atoms with Crippen LogP contribution in [0.4, 0.5) is 0 Å². The predicted octanol–water partition coefficient (Wildman–Crippen LogP) is 0.591. The van der Waals surface area contributed by atoms with Gasteiger partial charge in [0.05, 0.1) is 24.4 Å². The Morgan fingerprint density at radius 2 is 2.08 bits per heavy atom. The highest BCUT2D eigenvalue weighted by molar-refractivity contribution is 5.96. The lowest BCUT2D eigenvalue weighted by Crippen LogP contribution is -2.28. The van der Waals surface area contributed by atoms with Crippen LogP contribution >= 0.6 is 0 Å². The summed E-state index contributed by atoms with van der Waals surface area (Å²) in [5.74, 6) is 0.538. The van der Waals surface area contributed by atoms with Gasteiger partial charge in [-0.15, -0.1) is 0 Å². The van der Waals surface area contributed by atoms with Gasteiger partial charge in [-0.3, -0.25) is 14.3 Å². The van der Waals surface area contributed by atoms with Crippen molar-refractivity contribution >= 4 is 11.7 Å². The Bertz CT molecular complexity index is 734. The average Bonchev–Trinajstić information content (AvgIpc) is 3.08. The van der Waals surface area contributed by atoms with Gasteiger partial charge in [-0.25, -0.2) is 0 Å². The number of nitrogens with zero attached hydrogens (tertiary/aromatic N) is 4. The molecule has 1 amide bonds. The number of methoxy groups -OCH3 is 1. The summed E-state index contributed by atoms with van der Waals surface area (Å²) in [6.45, 7) is 5.66. The van der Waals surface area contributed by atoms with Gasteiger partial charge in [0.2, 0.25) is 11.8 Å². The summed E-state index contributed by atoms with van der Waals surface area (Å²) in [6, 6.07) is 0. The third kappa shape index (κ3) is 4.25. The lowest BCUT2D eigenvalue weighted by molar-refractivity contribution is -0.122. The molecule has 0 unspecified atom stereocenters. The number of rotatable bonds is 8. The van der Waals surface area contributed by atoms with Crippen molar-refractivity contribution in [2.24, 2.45) is 0 Å². The molecule has 0 bridgehead atoms. The number of hydrogen-bond acceptors (Lipinski definition) is 7. The molecule has 0 aliphatic carbocycles. The van der Waals surface area contributed by atoms with Crippen LogP contribution in [0, 0.1) is 13.8 Å². The Kier molecular flexibility index (Phi) is 5.80. The van der Waals surface area contributed by atoms with Crippen molar-refractivity contribution in [3.05, 3.63) is 28.7 Å². The average molecular weight is 335 g/mol. The van der Waals surface area contributed by atoms with E-state index in [1.807, 2.05) is 0 Å². The highest BCUT2D eigenvalue weighted by Gasteiger charge is 2.17. The SMILES string of the molecule is COCCc1noc(CNC(=O)Cn2nc(C)c(C(C)=O)c2C)n1. The molecule has 0 saturated carbocycles. The molecule has 0 aromatic carbocycles. The third-order valence-electron chi connectivity index (χ3n) is 3.50. The minimum atomic E-state index is -0.257. The molecule has 0 atom stereocenters. The second kappa shape index (κ2) is 7.82. The first-order valence-corrected chi connectivity index (χ1v) is 7.54. The van der Waals surface area contributed by atoms with Gasteiger partial charge in [0.25, 0.3) is 0 Å². The molecule has 0 fully saturated rings. The summed E-state index contributed by atoms with van der Waals surface area (Å²) in [6.07, 6.45) is 0.549. The zero-order chi connectivity index (χ0) is 17.7. The number of Topliss-reactive ketones (excluding diaryl/α,β-unsaturated/α-hetero) is 1. The molecular weight excluding hydrogens is 314 g/mol. The molecule has 9 heteroatoms. The first-order chi connectivity index (χ1) is 11.4. The quantitative estimate of drug-likeness (QED) is 0.703. The Hall–Kier alpha value is -2.55. The molecule has 9 nitrogen and oxygen atoms in total. The van der Waals surface area contributed by atoms with Gasteiger partial charge in [-0.1, -0.05) is 5.16 Å². The summed E-state index contributed by atoms with van der Waals surface area (Å²) in [5, 5.41) is 10.7. The van der Waals surface area contributed by atoms with Crippen LogP contribution in [-0.4, -0.2) is 45.3 Å². The smallest absolute Gasteiger partial charge is 0.246 e. The van der Waals surface area contributed by atoms with E-state index >= 15 is 0 Å². The zero-order valence-corrected chi connectivity index (χ0v) is 14.3. The predicted molar refractivity (Wildman–Crippen MR) is 83.4 cm³/mol. The van der Waals surface area contributed by atoms with Crippen molar-refractivity contribution < 1.29 is 18.8 Å². The summed E-state index contributed by atoms with van der Waals surface area (Å²) in [7, 11) is 1.59. The van der Waals surface area contributed by atoms with Gasteiger partial charge < -0.3 is 14.6 Å². The fraction of sp³-hybridized carbons (Fsp3) is 0.533. The van der Waals surface area contributed by atoms with Crippen LogP contribution in [0.15, 0.2) is 4.52 Å². The summed E-state index contributed by atoms with van der Waals surface area (Å²) in [5.41, 5.74) is 1.85. The highest BCUT2D eigenvalue weighted by Crippen LogP contribution is 2.13. The summed E-state index contributed by atoms with van der Waals surface area (Å²) in [4.78, 5) is 27.8. The van der Waals surface area contributed by atoms with Crippen LogP contribution in [0.5, 0.6) is 0 Å². The van der Waals surface area contributed by atoms with E-state index in [1.165, 1.54) is 11.6 Å². The number of ketones is 1. The molecule has 0 aliphatic rings. The van der Waals surface area contributed by atoms with Crippen LogP contribution in [0.25, 0.3) is 0 Å². The van der Waals surface area contributed by atoms with Gasteiger partial charge in [0.15, 0.2) is 11.6 Å². The van der Waals surface area contributed by atoms with Gasteiger partial charge in [-0.2, -0.15) is 10.1 Å². The fourth-order valence-electron chi connectivity index (χ4n) is 2.38. The van der Waals surface area contributed by atoms with E-state index in [1.54, 1.807) is 21.0 Å². The number of ether oxygens (including phenoxy) is 1. The van der Waals surface area contributed by atoms with Crippen molar-refractivity contribution in [2.45, 2.75) is 40.3 Å². The van der Waals surface area contributed by atoms with Crippen molar-refractivity contribution in [1.82, 2.24) is 25.2 Å². The molecule has 0 saturated heterocycles. The maximum Gasteiger partial charge on any atom is 0.246 e. The van der Waals surface area contributed by atoms with E-state index in [0.29, 0.717) is 41.7 Å². The van der Waals surface area contributed by atoms with Crippen LogP contribution < -0.4 is 5.32 Å². The summed E-state index contributed by atoms with van der Waals surface area (Å²) >= 11 is 0. The Morgan fingerprint density at radius 1 is 1.33 bits per heavy atom. The number of aryl methyl sites for hydroxylation is 1. The third-order valence-corrected chi connectivity index (χ3v) is 3.50. The molecule has 2 rings (SSSR count). The number of amides is 1. The second-order valence-electron chi connectivity index (χ2n) is 5.38. The molecule has 1 N–H and O–H groups in total. The van der Waals surface area contributed by atoms with Gasteiger partial charge in [0, 0.05) is 19.2 Å². The van der Waals surface area contributed by atoms with Crippen LogP contribution in [0.1, 0.15) is 40.4 Å². The van der Waals surface area contributed by atoms with E-state index in [0.717, 1.165) is 0 Å². The van der Waals surface area contributed by atoms with Crippen LogP contribution in [-0.2, 0) is 29.0 Å². The maximum atomic E-state index is 12.0. The number of carbonyl (C=O) groups is 2. The van der Waals surface area contributed by atoms with Crippen molar-refractivity contribution in [3.8, 4) is 0 Å². The largest absolute Gasteiger partial charge is 0.384 e. The minimum absolute atomic E-state index is 0.0185. The van der Waals surface area contributed by atoms with Gasteiger partial charge >= 0.3 is 0 Å². The topological polar surface area (TPSA) is 112 Å². The molecule has 0 radical (unpaired) electrons. The molecule has 2 aromatic heterocycles. The molecule has 24 heavy (non-hydrogen) atoms. The van der Waals surface area contributed by atoms with Gasteiger partial charge in [-0.05, 0) is 20.8 Å². The minimum Gasteiger partial charge on any atom is -0.384 e. The maximum absolute atomic E-state index is 12.0. The Labute approximate surface area is 139 Å². The normalized spacial score (nSPS) is 10.8.